The van der Waals surface area contributed by atoms with E-state index in [1.54, 1.807) is 25.2 Å². The van der Waals surface area contributed by atoms with Gasteiger partial charge in [-0.1, -0.05) is 31.2 Å². The molecule has 1 heterocycles. The van der Waals surface area contributed by atoms with E-state index in [0.29, 0.717) is 21.2 Å². The fourth-order valence-corrected chi connectivity index (χ4v) is 4.43. The first kappa shape index (κ1) is 19.6. The van der Waals surface area contributed by atoms with Crippen LogP contribution in [0.3, 0.4) is 0 Å². The summed E-state index contributed by atoms with van der Waals surface area (Å²) >= 11 is 5.22. The predicted molar refractivity (Wildman–Crippen MR) is 118 cm³/mol. The third-order valence-corrected chi connectivity index (χ3v) is 6.21. The van der Waals surface area contributed by atoms with E-state index in [-0.39, 0.29) is 17.5 Å². The fourth-order valence-electron chi connectivity index (χ4n) is 4.24. The predicted octanol–water partition coefficient (Wildman–Crippen LogP) is 4.01. The Morgan fingerprint density at radius 1 is 1.24 bits per heavy atom. The Kier molecular flexibility index (Phi) is 5.37. The Balaban J connectivity index is 1.68. The van der Waals surface area contributed by atoms with E-state index in [0.717, 1.165) is 32.2 Å². The normalized spacial score (nSPS) is 15.9. The number of aromatic amines is 1. The van der Waals surface area contributed by atoms with E-state index in [2.05, 4.69) is 36.2 Å². The highest BCUT2D eigenvalue weighted by Gasteiger charge is 2.28. The number of carbonyl (C=O) groups is 1. The molecule has 6 heteroatoms. The molecule has 2 aromatic carbocycles. The molecule has 1 aromatic heterocycles. The zero-order chi connectivity index (χ0) is 20.5. The number of H-pyrrole nitrogens is 1. The van der Waals surface area contributed by atoms with Gasteiger partial charge in [0.05, 0.1) is 10.9 Å². The number of nitrogens with one attached hydrogen (secondary N) is 1. The Hall–Kier alpha value is -2.73. The summed E-state index contributed by atoms with van der Waals surface area (Å²) in [7, 11) is 1.64. The number of aromatic nitrogens is 2. The van der Waals surface area contributed by atoms with Crippen LogP contribution in [0.25, 0.3) is 10.9 Å². The molecule has 1 unspecified atom stereocenters. The van der Waals surface area contributed by atoms with Gasteiger partial charge in [0.25, 0.3) is 11.5 Å². The van der Waals surface area contributed by atoms with Crippen molar-refractivity contribution in [3.8, 4) is 0 Å². The molecule has 0 spiro atoms. The summed E-state index contributed by atoms with van der Waals surface area (Å²) in [6, 6.07) is 13.9. The molecule has 0 saturated heterocycles. The van der Waals surface area contributed by atoms with Crippen molar-refractivity contribution < 1.29 is 4.79 Å². The fraction of sp³-hybridized carbons (Fsp3) is 0.348. The summed E-state index contributed by atoms with van der Waals surface area (Å²) in [6.45, 7) is 2.81. The molecule has 1 aliphatic carbocycles. The van der Waals surface area contributed by atoms with Crippen LogP contribution in [0.2, 0.25) is 0 Å². The smallest absolute Gasteiger partial charge is 0.261 e. The van der Waals surface area contributed by atoms with E-state index in [4.69, 9.17) is 12.2 Å². The molecule has 1 atom stereocenters. The molecule has 1 N–H and O–H groups in total. The van der Waals surface area contributed by atoms with Crippen molar-refractivity contribution in [2.75, 3.05) is 6.54 Å². The molecule has 0 aliphatic heterocycles. The van der Waals surface area contributed by atoms with Crippen LogP contribution in [0, 0.1) is 4.77 Å². The number of fused-ring (bicyclic) bond motifs is 2. The molecular weight excluding hydrogens is 382 g/mol. The minimum absolute atomic E-state index is 0.0122. The van der Waals surface area contributed by atoms with Gasteiger partial charge in [-0.05, 0) is 67.2 Å². The highest BCUT2D eigenvalue weighted by atomic mass is 32.1. The Labute approximate surface area is 175 Å². The van der Waals surface area contributed by atoms with Gasteiger partial charge in [-0.3, -0.25) is 14.2 Å². The van der Waals surface area contributed by atoms with Gasteiger partial charge in [-0.25, -0.2) is 0 Å². The molecule has 150 valence electrons. The van der Waals surface area contributed by atoms with Crippen molar-refractivity contribution in [1.82, 2.24) is 14.5 Å². The van der Waals surface area contributed by atoms with E-state index < -0.39 is 0 Å². The number of benzene rings is 2. The highest BCUT2D eigenvalue weighted by Crippen LogP contribution is 2.26. The van der Waals surface area contributed by atoms with Crippen LogP contribution in [-0.4, -0.2) is 32.9 Å². The average Bonchev–Trinajstić information content (AvgIpc) is 2.74. The number of hydrogen-bond acceptors (Lipinski definition) is 3. The molecule has 0 fully saturated rings. The Bertz CT molecular complexity index is 1190. The third kappa shape index (κ3) is 3.65. The van der Waals surface area contributed by atoms with Crippen molar-refractivity contribution in [2.45, 2.75) is 38.6 Å². The first-order chi connectivity index (χ1) is 14.0. The average molecular weight is 408 g/mol. The second-order valence-electron chi connectivity index (χ2n) is 7.72. The molecule has 0 bridgehead atoms. The molecule has 1 amide bonds. The summed E-state index contributed by atoms with van der Waals surface area (Å²) in [5.41, 5.74) is 3.76. The van der Waals surface area contributed by atoms with E-state index >= 15 is 0 Å². The van der Waals surface area contributed by atoms with E-state index in [1.165, 1.54) is 15.7 Å². The molecule has 3 aromatic rings. The zero-order valence-electron chi connectivity index (χ0n) is 16.8. The van der Waals surface area contributed by atoms with Crippen molar-refractivity contribution in [3.05, 3.63) is 74.3 Å². The number of aryl methyl sites for hydroxylation is 1. The van der Waals surface area contributed by atoms with Gasteiger partial charge in [0.2, 0.25) is 0 Å². The first-order valence-corrected chi connectivity index (χ1v) is 10.5. The lowest BCUT2D eigenvalue weighted by Gasteiger charge is -2.35. The lowest BCUT2D eigenvalue weighted by atomic mass is 9.87. The quantitative estimate of drug-likeness (QED) is 0.665. The first-order valence-electron chi connectivity index (χ1n) is 10.1. The second kappa shape index (κ2) is 7.95. The Morgan fingerprint density at radius 2 is 2.00 bits per heavy atom. The number of amides is 1. The second-order valence-corrected chi connectivity index (χ2v) is 8.11. The minimum atomic E-state index is -0.156. The van der Waals surface area contributed by atoms with Crippen molar-refractivity contribution >= 4 is 29.0 Å². The molecule has 4 rings (SSSR count). The van der Waals surface area contributed by atoms with Crippen LogP contribution in [-0.2, 0) is 19.9 Å². The summed E-state index contributed by atoms with van der Waals surface area (Å²) in [5.74, 6) is 0.0122. The van der Waals surface area contributed by atoms with E-state index in [9.17, 15) is 9.59 Å². The summed E-state index contributed by atoms with van der Waals surface area (Å²) in [4.78, 5) is 30.9. The van der Waals surface area contributed by atoms with Gasteiger partial charge in [-0.15, -0.1) is 0 Å². The van der Waals surface area contributed by atoms with Gasteiger partial charge in [-0.2, -0.15) is 0 Å². The number of hydrogen-bond donors (Lipinski definition) is 1. The summed E-state index contributed by atoms with van der Waals surface area (Å²) in [5, 5.41) is 0.534. The minimum Gasteiger partial charge on any atom is -0.335 e. The number of rotatable bonds is 4. The van der Waals surface area contributed by atoms with Gasteiger partial charge in [0.1, 0.15) is 0 Å². The lowest BCUT2D eigenvalue weighted by Crippen LogP contribution is -2.44. The van der Waals surface area contributed by atoms with Crippen LogP contribution in [0.15, 0.2) is 47.3 Å². The van der Waals surface area contributed by atoms with Crippen LogP contribution in [0.5, 0.6) is 0 Å². The largest absolute Gasteiger partial charge is 0.335 e. The maximum atomic E-state index is 13.4. The van der Waals surface area contributed by atoms with Gasteiger partial charge in [0.15, 0.2) is 4.77 Å². The summed E-state index contributed by atoms with van der Waals surface area (Å²) < 4.78 is 1.75. The third-order valence-electron chi connectivity index (χ3n) is 5.83. The zero-order valence-corrected chi connectivity index (χ0v) is 17.6. The molecule has 29 heavy (non-hydrogen) atoms. The standard InChI is InChI=1S/C23H25N3O2S/c1-3-12-26(18-10-8-15-6-4-5-7-16(15)13-18)21(27)17-9-11-19-20(14-17)24-23(29)25(2)22(19)28/h4-7,9,11,14,18H,3,8,10,12-13H2,1-2H3,(H,24,29). The summed E-state index contributed by atoms with van der Waals surface area (Å²) in [6.07, 6.45) is 3.76. The van der Waals surface area contributed by atoms with Gasteiger partial charge in [0, 0.05) is 25.2 Å². The topological polar surface area (TPSA) is 58.1 Å². The maximum Gasteiger partial charge on any atom is 0.261 e. The monoisotopic (exact) mass is 407 g/mol. The Morgan fingerprint density at radius 3 is 2.76 bits per heavy atom. The maximum absolute atomic E-state index is 13.4. The molecule has 0 radical (unpaired) electrons. The SMILES string of the molecule is CCCN(C(=O)c1ccc2c(=O)n(C)c(=S)[nH]c2c1)C1CCc2ccccc2C1. The van der Waals surface area contributed by atoms with Crippen molar-refractivity contribution in [2.24, 2.45) is 7.05 Å². The molecule has 5 nitrogen and oxygen atoms in total. The van der Waals surface area contributed by atoms with Gasteiger partial charge < -0.3 is 9.88 Å². The van der Waals surface area contributed by atoms with E-state index in [1.807, 2.05) is 4.90 Å². The van der Waals surface area contributed by atoms with Crippen molar-refractivity contribution in [1.29, 1.82) is 0 Å². The molecular formula is C23H25N3O2S. The molecule has 1 aliphatic rings. The number of nitrogens with zero attached hydrogens (tertiary/aromatic N) is 2. The van der Waals surface area contributed by atoms with Gasteiger partial charge >= 0.3 is 0 Å². The van der Waals surface area contributed by atoms with Crippen molar-refractivity contribution in [3.63, 3.8) is 0 Å². The molecule has 0 saturated carbocycles. The van der Waals surface area contributed by atoms with Crippen LogP contribution in [0.1, 0.15) is 41.3 Å². The van der Waals surface area contributed by atoms with Crippen LogP contribution in [0.4, 0.5) is 0 Å². The van der Waals surface area contributed by atoms with Crippen LogP contribution >= 0.6 is 12.2 Å². The lowest BCUT2D eigenvalue weighted by molar-refractivity contribution is 0.0662. The highest BCUT2D eigenvalue weighted by molar-refractivity contribution is 7.71. The number of carbonyl (C=O) groups excluding carboxylic acids is 1. The van der Waals surface area contributed by atoms with Crippen LogP contribution < -0.4 is 5.56 Å².